The van der Waals surface area contributed by atoms with Gasteiger partial charge in [-0.3, -0.25) is 0 Å². The molecule has 0 aliphatic rings. The molecule has 0 atom stereocenters. The molecule has 0 bridgehead atoms. The normalized spacial score (nSPS) is 10.3. The number of nitrogens with two attached hydrogens (primary N) is 1. The van der Waals surface area contributed by atoms with Crippen molar-refractivity contribution in [1.29, 1.82) is 0 Å². The van der Waals surface area contributed by atoms with Gasteiger partial charge < -0.3 is 10.5 Å². The average Bonchev–Trinajstić information content (AvgIpc) is 2.22. The van der Waals surface area contributed by atoms with Gasteiger partial charge in [-0.2, -0.15) is 4.98 Å². The molecule has 0 fully saturated rings. The van der Waals surface area contributed by atoms with Gasteiger partial charge in [0.15, 0.2) is 11.6 Å². The first-order chi connectivity index (χ1) is 8.04. The maximum atomic E-state index is 13.3. The van der Waals surface area contributed by atoms with Crippen LogP contribution in [0.3, 0.4) is 0 Å². The molecular formula is C10H6ClF2N3O. The third-order valence-electron chi connectivity index (χ3n) is 1.80. The van der Waals surface area contributed by atoms with Gasteiger partial charge in [0.25, 0.3) is 0 Å². The lowest BCUT2D eigenvalue weighted by Gasteiger charge is -2.06. The van der Waals surface area contributed by atoms with Crippen LogP contribution in [0, 0.1) is 11.6 Å². The van der Waals surface area contributed by atoms with Crippen molar-refractivity contribution in [3.8, 4) is 11.6 Å². The first kappa shape index (κ1) is 11.5. The van der Waals surface area contributed by atoms with E-state index in [1.54, 1.807) is 0 Å². The third kappa shape index (κ3) is 2.79. The predicted octanol–water partition coefficient (Wildman–Crippen LogP) is 2.78. The van der Waals surface area contributed by atoms with E-state index < -0.39 is 11.6 Å². The summed E-state index contributed by atoms with van der Waals surface area (Å²) in [5.41, 5.74) is 5.33. The highest BCUT2D eigenvalue weighted by Gasteiger charge is 2.08. The van der Waals surface area contributed by atoms with Crippen molar-refractivity contribution in [3.05, 3.63) is 41.1 Å². The standard InChI is InChI=1S/C10H6ClF2N3O/c11-8-4-9(16-10(14)15-8)17-7-3-5(12)1-2-6(7)13/h1-4H,(H2,14,15,16). The maximum absolute atomic E-state index is 13.3. The monoisotopic (exact) mass is 257 g/mol. The third-order valence-corrected chi connectivity index (χ3v) is 1.99. The lowest BCUT2D eigenvalue weighted by atomic mass is 10.3. The van der Waals surface area contributed by atoms with E-state index in [0.29, 0.717) is 0 Å². The van der Waals surface area contributed by atoms with Gasteiger partial charge in [0.1, 0.15) is 11.0 Å². The summed E-state index contributed by atoms with van der Waals surface area (Å²) in [5, 5.41) is 0.0457. The van der Waals surface area contributed by atoms with E-state index in [1.165, 1.54) is 6.07 Å². The lowest BCUT2D eigenvalue weighted by molar-refractivity contribution is 0.422. The van der Waals surface area contributed by atoms with E-state index in [1.807, 2.05) is 0 Å². The SMILES string of the molecule is Nc1nc(Cl)cc(Oc2cc(F)ccc2F)n1. The number of aromatic nitrogens is 2. The number of rotatable bonds is 2. The Morgan fingerprint density at radius 2 is 1.94 bits per heavy atom. The van der Waals surface area contributed by atoms with Crippen molar-refractivity contribution in [1.82, 2.24) is 9.97 Å². The fourth-order valence-electron chi connectivity index (χ4n) is 1.13. The van der Waals surface area contributed by atoms with Gasteiger partial charge in [0.2, 0.25) is 11.8 Å². The zero-order valence-corrected chi connectivity index (χ0v) is 9.08. The van der Waals surface area contributed by atoms with Crippen LogP contribution in [-0.4, -0.2) is 9.97 Å². The highest BCUT2D eigenvalue weighted by molar-refractivity contribution is 6.29. The summed E-state index contributed by atoms with van der Waals surface area (Å²) in [5.74, 6) is -1.84. The molecule has 88 valence electrons. The summed E-state index contributed by atoms with van der Waals surface area (Å²) in [4.78, 5) is 7.27. The van der Waals surface area contributed by atoms with Crippen LogP contribution in [0.25, 0.3) is 0 Å². The second kappa shape index (κ2) is 4.50. The summed E-state index contributed by atoms with van der Waals surface area (Å²) in [6.07, 6.45) is 0. The quantitative estimate of drug-likeness (QED) is 0.841. The summed E-state index contributed by atoms with van der Waals surface area (Å²) >= 11 is 5.61. The number of hydrogen-bond acceptors (Lipinski definition) is 4. The van der Waals surface area contributed by atoms with Gasteiger partial charge in [-0.15, -0.1) is 0 Å². The minimum absolute atomic E-state index is 0.0457. The highest BCUT2D eigenvalue weighted by Crippen LogP contribution is 2.25. The summed E-state index contributed by atoms with van der Waals surface area (Å²) in [6, 6.07) is 4.05. The van der Waals surface area contributed by atoms with Crippen molar-refractivity contribution in [2.75, 3.05) is 5.73 Å². The molecule has 0 unspecified atom stereocenters. The first-order valence-electron chi connectivity index (χ1n) is 4.47. The number of nitrogens with zero attached hydrogens (tertiary/aromatic N) is 2. The number of ether oxygens (including phenoxy) is 1. The number of anilines is 1. The summed E-state index contributed by atoms with van der Waals surface area (Å²) < 4.78 is 31.2. The van der Waals surface area contributed by atoms with E-state index >= 15 is 0 Å². The number of benzene rings is 1. The molecule has 17 heavy (non-hydrogen) atoms. The van der Waals surface area contributed by atoms with Gasteiger partial charge in [-0.25, -0.2) is 13.8 Å². The fraction of sp³-hybridized carbons (Fsp3) is 0. The molecule has 0 saturated carbocycles. The predicted molar refractivity (Wildman–Crippen MR) is 57.9 cm³/mol. The van der Waals surface area contributed by atoms with Gasteiger partial charge >= 0.3 is 0 Å². The second-order valence-corrected chi connectivity index (χ2v) is 3.45. The Labute approximate surface area is 100 Å². The summed E-state index contributed by atoms with van der Waals surface area (Å²) in [6.45, 7) is 0. The molecule has 4 nitrogen and oxygen atoms in total. The molecule has 0 spiro atoms. The van der Waals surface area contributed by atoms with Crippen LogP contribution >= 0.6 is 11.6 Å². The minimum Gasteiger partial charge on any atom is -0.436 e. The molecule has 1 heterocycles. The maximum Gasteiger partial charge on any atom is 0.225 e. The van der Waals surface area contributed by atoms with Crippen LogP contribution < -0.4 is 10.5 Å². The molecule has 0 amide bonds. The van der Waals surface area contributed by atoms with Crippen LogP contribution in [-0.2, 0) is 0 Å². The first-order valence-corrected chi connectivity index (χ1v) is 4.85. The van der Waals surface area contributed by atoms with Crippen molar-refractivity contribution in [3.63, 3.8) is 0 Å². The van der Waals surface area contributed by atoms with Crippen molar-refractivity contribution in [2.24, 2.45) is 0 Å². The molecular weight excluding hydrogens is 252 g/mol. The van der Waals surface area contributed by atoms with E-state index in [4.69, 9.17) is 22.1 Å². The van der Waals surface area contributed by atoms with Crippen molar-refractivity contribution >= 4 is 17.5 Å². The molecule has 2 aromatic rings. The van der Waals surface area contributed by atoms with Gasteiger partial charge in [0, 0.05) is 12.1 Å². The van der Waals surface area contributed by atoms with Crippen molar-refractivity contribution < 1.29 is 13.5 Å². The van der Waals surface area contributed by atoms with E-state index in [9.17, 15) is 8.78 Å². The van der Waals surface area contributed by atoms with E-state index in [2.05, 4.69) is 9.97 Å². The zero-order valence-electron chi connectivity index (χ0n) is 8.32. The molecule has 0 radical (unpaired) electrons. The Bertz CT molecular complexity index is 545. The fourth-order valence-corrected chi connectivity index (χ4v) is 1.31. The largest absolute Gasteiger partial charge is 0.436 e. The lowest BCUT2D eigenvalue weighted by Crippen LogP contribution is -1.98. The van der Waals surface area contributed by atoms with Gasteiger partial charge in [-0.1, -0.05) is 11.6 Å². The Morgan fingerprint density at radius 1 is 1.18 bits per heavy atom. The second-order valence-electron chi connectivity index (χ2n) is 3.06. The van der Waals surface area contributed by atoms with Crippen molar-refractivity contribution in [2.45, 2.75) is 0 Å². The number of nitrogen functional groups attached to an aromatic ring is 1. The Balaban J connectivity index is 2.34. The molecule has 0 aliphatic carbocycles. The van der Waals surface area contributed by atoms with E-state index in [0.717, 1.165) is 18.2 Å². The molecule has 0 aliphatic heterocycles. The Morgan fingerprint density at radius 3 is 2.65 bits per heavy atom. The molecule has 2 N–H and O–H groups in total. The summed E-state index contributed by atoms with van der Waals surface area (Å²) in [7, 11) is 0. The van der Waals surface area contributed by atoms with Crippen LogP contribution in [0.5, 0.6) is 11.6 Å². The number of hydrogen-bond donors (Lipinski definition) is 1. The van der Waals surface area contributed by atoms with Gasteiger partial charge in [0.05, 0.1) is 0 Å². The van der Waals surface area contributed by atoms with Crippen LogP contribution in [0.2, 0.25) is 5.15 Å². The zero-order chi connectivity index (χ0) is 12.4. The smallest absolute Gasteiger partial charge is 0.225 e. The Hall–Kier alpha value is -1.95. The average molecular weight is 258 g/mol. The molecule has 0 saturated heterocycles. The van der Waals surface area contributed by atoms with Crippen LogP contribution in [0.1, 0.15) is 0 Å². The van der Waals surface area contributed by atoms with E-state index in [-0.39, 0.29) is 22.7 Å². The Kier molecular flexibility index (Phi) is 3.06. The topological polar surface area (TPSA) is 61.0 Å². The molecule has 2 rings (SSSR count). The highest BCUT2D eigenvalue weighted by atomic mass is 35.5. The van der Waals surface area contributed by atoms with Crippen LogP contribution in [0.15, 0.2) is 24.3 Å². The molecule has 7 heteroatoms. The molecule has 1 aromatic carbocycles. The molecule has 1 aromatic heterocycles. The number of halogens is 3. The van der Waals surface area contributed by atoms with Crippen LogP contribution in [0.4, 0.5) is 14.7 Å². The van der Waals surface area contributed by atoms with Gasteiger partial charge in [-0.05, 0) is 12.1 Å². The minimum atomic E-state index is -0.722.